The highest BCUT2D eigenvalue weighted by atomic mass is 14.6. The van der Waals surface area contributed by atoms with E-state index in [1.807, 2.05) is 0 Å². The second-order valence-electron chi connectivity index (χ2n) is 4.89. The summed E-state index contributed by atoms with van der Waals surface area (Å²) in [5.74, 6) is 1.43. The molecule has 1 aromatic carbocycles. The van der Waals surface area contributed by atoms with Gasteiger partial charge in [0.1, 0.15) is 0 Å². The lowest BCUT2D eigenvalue weighted by atomic mass is 9.86. The Labute approximate surface area is 92.7 Å². The molecule has 1 fully saturated rings. The van der Waals surface area contributed by atoms with Crippen LogP contribution in [-0.2, 0) is 0 Å². The normalized spacial score (nSPS) is 25.8. The molecule has 0 saturated heterocycles. The van der Waals surface area contributed by atoms with E-state index in [0.29, 0.717) is 5.92 Å². The molecule has 0 amide bonds. The molecule has 1 nitrogen and oxygen atoms in total. The van der Waals surface area contributed by atoms with Gasteiger partial charge in [0, 0.05) is 0 Å². The summed E-state index contributed by atoms with van der Waals surface area (Å²) in [7, 11) is 0. The first-order chi connectivity index (χ1) is 7.22. The van der Waals surface area contributed by atoms with Crippen LogP contribution in [0.3, 0.4) is 0 Å². The van der Waals surface area contributed by atoms with Crippen LogP contribution in [-0.4, -0.2) is 6.54 Å². The van der Waals surface area contributed by atoms with E-state index in [9.17, 15) is 0 Å². The molecule has 1 heteroatoms. The molecule has 0 spiro atoms. The summed E-state index contributed by atoms with van der Waals surface area (Å²) in [6.07, 6.45) is 3.99. The average Bonchev–Trinajstić information content (AvgIpc) is 2.65. The Balaban J connectivity index is 2.28. The molecular formula is C14H21N. The summed E-state index contributed by atoms with van der Waals surface area (Å²) in [6, 6.07) is 6.83. The molecule has 1 saturated carbocycles. The summed E-state index contributed by atoms with van der Waals surface area (Å²) in [6.45, 7) is 5.23. The van der Waals surface area contributed by atoms with Gasteiger partial charge < -0.3 is 5.73 Å². The number of hydrogen-bond acceptors (Lipinski definition) is 1. The fraction of sp³-hybridized carbons (Fsp3) is 0.571. The van der Waals surface area contributed by atoms with Crippen molar-refractivity contribution in [1.29, 1.82) is 0 Å². The van der Waals surface area contributed by atoms with Crippen molar-refractivity contribution in [1.82, 2.24) is 0 Å². The minimum absolute atomic E-state index is 0.714. The predicted molar refractivity (Wildman–Crippen MR) is 65.1 cm³/mol. The van der Waals surface area contributed by atoms with Crippen molar-refractivity contribution in [3.63, 3.8) is 0 Å². The van der Waals surface area contributed by atoms with Gasteiger partial charge in [0.25, 0.3) is 0 Å². The fourth-order valence-corrected chi connectivity index (χ4v) is 2.97. The van der Waals surface area contributed by atoms with Crippen molar-refractivity contribution in [3.8, 4) is 0 Å². The van der Waals surface area contributed by atoms with E-state index >= 15 is 0 Å². The summed E-state index contributed by atoms with van der Waals surface area (Å²) in [4.78, 5) is 0. The molecule has 15 heavy (non-hydrogen) atoms. The van der Waals surface area contributed by atoms with Crippen LogP contribution < -0.4 is 5.73 Å². The van der Waals surface area contributed by atoms with Crippen LogP contribution in [0, 0.1) is 19.8 Å². The molecule has 82 valence electrons. The Morgan fingerprint density at radius 2 is 2.07 bits per heavy atom. The Morgan fingerprint density at radius 3 is 2.73 bits per heavy atom. The third kappa shape index (κ3) is 2.07. The van der Waals surface area contributed by atoms with Gasteiger partial charge in [0.15, 0.2) is 0 Å². The van der Waals surface area contributed by atoms with E-state index in [-0.39, 0.29) is 0 Å². The molecule has 0 bridgehead atoms. The molecule has 0 aliphatic heterocycles. The third-order valence-electron chi connectivity index (χ3n) is 3.79. The van der Waals surface area contributed by atoms with Gasteiger partial charge >= 0.3 is 0 Å². The zero-order valence-electron chi connectivity index (χ0n) is 9.79. The Kier molecular flexibility index (Phi) is 3.11. The lowest BCUT2D eigenvalue weighted by molar-refractivity contribution is 0.494. The van der Waals surface area contributed by atoms with E-state index in [1.54, 1.807) is 0 Å². The standard InChI is InChI=1S/C14H21N/c1-10-6-7-13(11(2)8-10)14-5-3-4-12(14)9-15/h6-8,12,14H,3-5,9,15H2,1-2H3. The van der Waals surface area contributed by atoms with Crippen molar-refractivity contribution in [2.24, 2.45) is 11.7 Å². The molecule has 2 atom stereocenters. The number of hydrogen-bond donors (Lipinski definition) is 1. The Hall–Kier alpha value is -0.820. The second-order valence-corrected chi connectivity index (χ2v) is 4.89. The van der Waals surface area contributed by atoms with Crippen molar-refractivity contribution in [2.75, 3.05) is 6.54 Å². The van der Waals surface area contributed by atoms with Gasteiger partial charge in [-0.05, 0) is 56.2 Å². The van der Waals surface area contributed by atoms with Crippen LogP contribution in [0.4, 0.5) is 0 Å². The van der Waals surface area contributed by atoms with Crippen LogP contribution in [0.15, 0.2) is 18.2 Å². The summed E-state index contributed by atoms with van der Waals surface area (Å²) >= 11 is 0. The lowest BCUT2D eigenvalue weighted by Gasteiger charge is -2.20. The van der Waals surface area contributed by atoms with Gasteiger partial charge in [-0.15, -0.1) is 0 Å². The van der Waals surface area contributed by atoms with E-state index in [1.165, 1.54) is 36.0 Å². The maximum absolute atomic E-state index is 5.84. The zero-order valence-corrected chi connectivity index (χ0v) is 9.79. The van der Waals surface area contributed by atoms with Crippen LogP contribution in [0.25, 0.3) is 0 Å². The molecule has 2 unspecified atom stereocenters. The number of benzene rings is 1. The molecule has 1 aliphatic carbocycles. The quantitative estimate of drug-likeness (QED) is 0.785. The molecule has 1 aliphatic rings. The largest absolute Gasteiger partial charge is 0.330 e. The van der Waals surface area contributed by atoms with E-state index in [4.69, 9.17) is 5.73 Å². The lowest BCUT2D eigenvalue weighted by Crippen LogP contribution is -2.17. The zero-order chi connectivity index (χ0) is 10.8. The van der Waals surface area contributed by atoms with Crippen molar-refractivity contribution < 1.29 is 0 Å². The van der Waals surface area contributed by atoms with Crippen molar-refractivity contribution in [2.45, 2.75) is 39.0 Å². The van der Waals surface area contributed by atoms with Gasteiger partial charge in [-0.3, -0.25) is 0 Å². The van der Waals surface area contributed by atoms with Gasteiger partial charge in [-0.2, -0.15) is 0 Å². The van der Waals surface area contributed by atoms with Crippen LogP contribution in [0.1, 0.15) is 41.9 Å². The molecule has 1 aromatic rings. The van der Waals surface area contributed by atoms with E-state index in [0.717, 1.165) is 12.5 Å². The first kappa shape index (κ1) is 10.7. The molecule has 0 aromatic heterocycles. The number of aryl methyl sites for hydroxylation is 2. The van der Waals surface area contributed by atoms with Crippen LogP contribution >= 0.6 is 0 Å². The second kappa shape index (κ2) is 4.36. The topological polar surface area (TPSA) is 26.0 Å². The molecular weight excluding hydrogens is 182 g/mol. The van der Waals surface area contributed by atoms with Gasteiger partial charge in [0.05, 0.1) is 0 Å². The summed E-state index contributed by atoms with van der Waals surface area (Å²) in [5.41, 5.74) is 10.2. The van der Waals surface area contributed by atoms with Crippen LogP contribution in [0.2, 0.25) is 0 Å². The predicted octanol–water partition coefficient (Wildman–Crippen LogP) is 3.15. The van der Waals surface area contributed by atoms with Crippen LogP contribution in [0.5, 0.6) is 0 Å². The highest BCUT2D eigenvalue weighted by molar-refractivity contribution is 5.34. The van der Waals surface area contributed by atoms with E-state index < -0.39 is 0 Å². The highest BCUT2D eigenvalue weighted by Crippen LogP contribution is 2.40. The smallest absolute Gasteiger partial charge is 0.00430 e. The van der Waals surface area contributed by atoms with Crippen molar-refractivity contribution in [3.05, 3.63) is 34.9 Å². The number of rotatable bonds is 2. The summed E-state index contributed by atoms with van der Waals surface area (Å²) < 4.78 is 0. The molecule has 0 radical (unpaired) electrons. The summed E-state index contributed by atoms with van der Waals surface area (Å²) in [5, 5.41) is 0. The maximum atomic E-state index is 5.84. The number of nitrogens with two attached hydrogens (primary N) is 1. The maximum Gasteiger partial charge on any atom is -0.00430 e. The molecule has 0 heterocycles. The minimum Gasteiger partial charge on any atom is -0.330 e. The first-order valence-corrected chi connectivity index (χ1v) is 5.99. The van der Waals surface area contributed by atoms with Gasteiger partial charge in [0.2, 0.25) is 0 Å². The fourth-order valence-electron chi connectivity index (χ4n) is 2.97. The highest BCUT2D eigenvalue weighted by Gasteiger charge is 2.28. The van der Waals surface area contributed by atoms with Crippen molar-refractivity contribution >= 4 is 0 Å². The van der Waals surface area contributed by atoms with Gasteiger partial charge in [-0.1, -0.05) is 30.2 Å². The Morgan fingerprint density at radius 1 is 1.27 bits per heavy atom. The molecule has 2 rings (SSSR count). The average molecular weight is 203 g/mol. The van der Waals surface area contributed by atoms with Gasteiger partial charge in [-0.25, -0.2) is 0 Å². The monoisotopic (exact) mass is 203 g/mol. The third-order valence-corrected chi connectivity index (χ3v) is 3.79. The molecule has 2 N–H and O–H groups in total. The van der Waals surface area contributed by atoms with E-state index in [2.05, 4.69) is 32.0 Å². The Bertz CT molecular complexity index is 343. The SMILES string of the molecule is Cc1ccc(C2CCCC2CN)c(C)c1. The minimum atomic E-state index is 0.714. The first-order valence-electron chi connectivity index (χ1n) is 5.99.